The first-order valence-electron chi connectivity index (χ1n) is 34.3. The molecular weight excluding hydrogens is 1250 g/mol. The fourth-order valence-corrected chi connectivity index (χ4v) is 12.5. The standard InChI is InChI=1S/2C29H37NO2.C22H31NO2.C4H4O4.Na.H2O/c2*1-22(2)30(23(3)4)18-17-27(26-13-9-6-10-14-26)28-19-25(20-31)15-16-29(28)32-21-24-11-7-5-8-12-24;1-16(2)23(17(3)4)13-12-20(19-8-6-5-7-9-19)21-14-18(15-24)10-11-22(21)25;5-3(6)1-2-4(7)8;;/h2*5-16,19,22-23,27,31H,17-18,20-21H2,1-4H3;5-11,14,16-17,20,24-25H,12-13,15H2,1-4H3;1-2H,(H,5,6)(H,7,8);;1H2/q;;;;+1;/p-1/b;;;2-1+;;/t2*27-;20-;;;/m111.../s1. The molecule has 7 N–H and O–H groups in total. The number of aromatic hydroxyl groups is 1. The number of benzene rings is 8. The van der Waals surface area contributed by atoms with Crippen LogP contribution in [0.4, 0.5) is 0 Å². The molecule has 0 saturated heterocycles. The number of carbonyl (C=O) groups is 2. The van der Waals surface area contributed by atoms with Crippen molar-refractivity contribution in [3.63, 3.8) is 0 Å². The van der Waals surface area contributed by atoms with E-state index in [1.165, 1.54) is 16.7 Å². The van der Waals surface area contributed by atoms with Crippen molar-refractivity contribution in [2.45, 2.75) is 189 Å². The number of aliphatic hydroxyl groups excluding tert-OH is 3. The third kappa shape index (κ3) is 29.4. The number of aliphatic carboxylic acids is 2. The quantitative estimate of drug-likeness (QED) is 0.0171. The first kappa shape index (κ1) is 85.8. The van der Waals surface area contributed by atoms with Gasteiger partial charge >= 0.3 is 41.5 Å². The molecule has 0 aromatic heterocycles. The van der Waals surface area contributed by atoms with E-state index < -0.39 is 11.9 Å². The SMILES string of the molecule is CC(C)N(CC[C@H](c1ccccc1)c1cc(CO)ccc1O)C(C)C.CC(C)N(CC[C@H](c1ccccc1)c1cc(CO)ccc1OCc1ccccc1)C(C)C.CC(C)N(CC[C@H](c1ccccc1)c1cc(CO)ccc1OCc1ccccc1)C(C)C.O=C(O)/C=C/C(=O)O.[Na+].[OH-]. The summed E-state index contributed by atoms with van der Waals surface area (Å²) < 4.78 is 12.7. The molecule has 8 rings (SSSR count). The molecule has 0 saturated carbocycles. The first-order valence-corrected chi connectivity index (χ1v) is 34.3. The number of phenolic OH excluding ortho intramolecular Hbond substituents is 1. The Balaban J connectivity index is 0.000000364. The Kier molecular flexibility index (Phi) is 39.9. The fraction of sp³-hybridized carbons (Fsp3) is 0.381. The number of carboxylic acid groups (broad SMARTS) is 2. The van der Waals surface area contributed by atoms with Crippen molar-refractivity contribution in [2.24, 2.45) is 0 Å². The molecule has 0 fully saturated rings. The molecule has 0 unspecified atom stereocenters. The Bertz CT molecular complexity index is 3340. The van der Waals surface area contributed by atoms with Crippen LogP contribution in [0.3, 0.4) is 0 Å². The maximum Gasteiger partial charge on any atom is 1.00 e. The summed E-state index contributed by atoms with van der Waals surface area (Å²) in [5.41, 5.74) is 11.9. The Morgan fingerprint density at radius 2 is 0.616 bits per heavy atom. The number of aliphatic hydroxyl groups is 3. The number of carboxylic acids is 2. The van der Waals surface area contributed by atoms with E-state index in [2.05, 4.69) is 207 Å². The summed E-state index contributed by atoms with van der Waals surface area (Å²) in [5, 5.41) is 55.2. The van der Waals surface area contributed by atoms with Crippen LogP contribution in [0.15, 0.2) is 218 Å². The van der Waals surface area contributed by atoms with Crippen molar-refractivity contribution in [1.29, 1.82) is 0 Å². The smallest absolute Gasteiger partial charge is 0.870 e. The van der Waals surface area contributed by atoms with E-state index in [1.54, 1.807) is 12.1 Å². The Morgan fingerprint density at radius 3 is 0.879 bits per heavy atom. The summed E-state index contributed by atoms with van der Waals surface area (Å²) in [6.07, 6.45) is 4.00. The van der Waals surface area contributed by atoms with E-state index in [4.69, 9.17) is 19.7 Å². The minimum atomic E-state index is -1.26. The molecule has 15 heteroatoms. The number of hydrogen-bond acceptors (Lipinski definition) is 12. The van der Waals surface area contributed by atoms with Gasteiger partial charge in [-0.15, -0.1) is 0 Å². The van der Waals surface area contributed by atoms with Gasteiger partial charge in [0.05, 0.1) is 19.8 Å². The number of hydrogen-bond donors (Lipinski definition) is 6. The summed E-state index contributed by atoms with van der Waals surface area (Å²) in [7, 11) is 0. The van der Waals surface area contributed by atoms with E-state index in [9.17, 15) is 30.0 Å². The molecule has 0 bridgehead atoms. The van der Waals surface area contributed by atoms with Gasteiger partial charge in [0.2, 0.25) is 0 Å². The number of ether oxygens (including phenoxy) is 2. The molecule has 14 nitrogen and oxygen atoms in total. The molecular formula is C84H110N3NaO11. The summed E-state index contributed by atoms with van der Waals surface area (Å²) in [6.45, 7) is 31.0. The summed E-state index contributed by atoms with van der Waals surface area (Å²) in [5.74, 6) is 0.0437. The molecule has 0 aliphatic rings. The van der Waals surface area contributed by atoms with Crippen LogP contribution in [0.25, 0.3) is 0 Å². The van der Waals surface area contributed by atoms with Gasteiger partial charge in [-0.05, 0) is 203 Å². The molecule has 528 valence electrons. The van der Waals surface area contributed by atoms with Crippen molar-refractivity contribution in [2.75, 3.05) is 19.6 Å². The van der Waals surface area contributed by atoms with Gasteiger partial charge in [-0.3, -0.25) is 14.7 Å². The van der Waals surface area contributed by atoms with Gasteiger partial charge in [-0.2, -0.15) is 0 Å². The van der Waals surface area contributed by atoms with Crippen LogP contribution >= 0.6 is 0 Å². The van der Waals surface area contributed by atoms with Gasteiger partial charge in [-0.25, -0.2) is 9.59 Å². The molecule has 99 heavy (non-hydrogen) atoms. The van der Waals surface area contributed by atoms with Crippen molar-refractivity contribution >= 4 is 11.9 Å². The zero-order valence-electron chi connectivity index (χ0n) is 60.9. The number of phenols is 1. The minimum Gasteiger partial charge on any atom is -0.870 e. The zero-order valence-corrected chi connectivity index (χ0v) is 62.9. The van der Waals surface area contributed by atoms with Crippen molar-refractivity contribution in [3.8, 4) is 17.2 Å². The third-order valence-electron chi connectivity index (χ3n) is 17.4. The van der Waals surface area contributed by atoms with Gasteiger partial charge in [-0.1, -0.05) is 170 Å². The summed E-state index contributed by atoms with van der Waals surface area (Å²) in [4.78, 5) is 26.7. The molecule has 3 atom stereocenters. The van der Waals surface area contributed by atoms with Gasteiger partial charge in [0.1, 0.15) is 30.5 Å². The van der Waals surface area contributed by atoms with Crippen molar-refractivity contribution < 1.29 is 84.7 Å². The fourth-order valence-electron chi connectivity index (χ4n) is 12.5. The molecule has 8 aromatic rings. The zero-order chi connectivity index (χ0) is 70.8. The average Bonchev–Trinajstić information content (AvgIpc) is 0.828. The number of nitrogens with zero attached hydrogens (tertiary/aromatic N) is 3. The van der Waals surface area contributed by atoms with Crippen LogP contribution in [0, 0.1) is 0 Å². The van der Waals surface area contributed by atoms with E-state index >= 15 is 0 Å². The van der Waals surface area contributed by atoms with Crippen LogP contribution in [0.1, 0.15) is 181 Å². The maximum atomic E-state index is 10.5. The molecule has 0 heterocycles. The molecule has 0 aliphatic carbocycles. The van der Waals surface area contributed by atoms with Gasteiger partial charge in [0.15, 0.2) is 0 Å². The van der Waals surface area contributed by atoms with E-state index in [0.29, 0.717) is 67.4 Å². The normalized spacial score (nSPS) is 12.1. The Hall–Kier alpha value is -7.44. The van der Waals surface area contributed by atoms with Crippen molar-refractivity contribution in [1.82, 2.24) is 14.7 Å². The van der Waals surface area contributed by atoms with Crippen LogP contribution < -0.4 is 39.0 Å². The topological polar surface area (TPSA) is 214 Å². The predicted molar refractivity (Wildman–Crippen MR) is 396 cm³/mol. The van der Waals surface area contributed by atoms with Crippen LogP contribution in [-0.2, 0) is 42.6 Å². The maximum absolute atomic E-state index is 10.5. The first-order chi connectivity index (χ1) is 46.5. The Labute approximate surface area is 613 Å². The second kappa shape index (κ2) is 46.1. The van der Waals surface area contributed by atoms with E-state index in [1.807, 2.05) is 84.9 Å². The van der Waals surface area contributed by atoms with Crippen LogP contribution in [0.5, 0.6) is 17.2 Å². The summed E-state index contributed by atoms with van der Waals surface area (Å²) >= 11 is 0. The second-order valence-electron chi connectivity index (χ2n) is 26.2. The number of rotatable bonds is 32. The Morgan fingerprint density at radius 1 is 0.364 bits per heavy atom. The van der Waals surface area contributed by atoms with Crippen molar-refractivity contribution in [3.05, 3.63) is 280 Å². The molecule has 0 radical (unpaired) electrons. The molecule has 8 aromatic carbocycles. The van der Waals surface area contributed by atoms with Gasteiger partial charge in [0.25, 0.3) is 0 Å². The van der Waals surface area contributed by atoms with Gasteiger partial charge in [0, 0.05) is 82.8 Å². The predicted octanol–water partition coefficient (Wildman–Crippen LogP) is 13.9. The third-order valence-corrected chi connectivity index (χ3v) is 17.4. The van der Waals surface area contributed by atoms with E-state index in [0.717, 1.165) is 94.9 Å². The van der Waals surface area contributed by atoms with Gasteiger partial charge < -0.3 is 45.6 Å². The molecule has 0 spiro atoms. The minimum absolute atomic E-state index is 0. The molecule has 0 amide bonds. The largest absolute Gasteiger partial charge is 1.00 e. The van der Waals surface area contributed by atoms with Crippen LogP contribution in [-0.4, -0.2) is 119 Å². The van der Waals surface area contributed by atoms with Crippen LogP contribution in [0.2, 0.25) is 0 Å². The average molecular weight is 1360 g/mol. The molecule has 0 aliphatic heterocycles. The van der Waals surface area contributed by atoms with E-state index in [-0.39, 0.29) is 72.6 Å². The second-order valence-corrected chi connectivity index (χ2v) is 26.2. The summed E-state index contributed by atoms with van der Waals surface area (Å²) in [6, 6.07) is 72.7. The monoisotopic (exact) mass is 1360 g/mol.